The number of nitrogens with one attached hydrogen (secondary N) is 2. The first-order valence-corrected chi connectivity index (χ1v) is 10.4. The second-order valence-electron chi connectivity index (χ2n) is 7.66. The number of benzene rings is 2. The van der Waals surface area contributed by atoms with Gasteiger partial charge in [0.1, 0.15) is 0 Å². The van der Waals surface area contributed by atoms with E-state index in [9.17, 15) is 9.59 Å². The Morgan fingerprint density at radius 3 is 2.71 bits per heavy atom. The maximum absolute atomic E-state index is 12.8. The van der Waals surface area contributed by atoms with Crippen LogP contribution in [0.25, 0.3) is 22.4 Å². The molecule has 0 unspecified atom stereocenters. The average molecular weight is 417 g/mol. The first-order valence-electron chi connectivity index (χ1n) is 10.4. The van der Waals surface area contributed by atoms with Crippen LogP contribution in [0.5, 0.6) is 0 Å². The zero-order chi connectivity index (χ0) is 21.2. The van der Waals surface area contributed by atoms with Gasteiger partial charge in [-0.15, -0.1) is 5.10 Å². The van der Waals surface area contributed by atoms with Gasteiger partial charge < -0.3 is 15.1 Å². The lowest BCUT2D eigenvalue weighted by Crippen LogP contribution is -2.38. The summed E-state index contributed by atoms with van der Waals surface area (Å²) in [6.07, 6.45) is 3.50. The lowest BCUT2D eigenvalue weighted by atomic mass is 10.0. The number of hydrogen-bond acceptors (Lipinski definition) is 4. The highest BCUT2D eigenvalue weighted by atomic mass is 16.3. The molecule has 0 bridgehead atoms. The Labute approximate surface area is 178 Å². The van der Waals surface area contributed by atoms with Crippen LogP contribution >= 0.6 is 0 Å². The van der Waals surface area contributed by atoms with Crippen LogP contribution in [-0.2, 0) is 13.1 Å². The number of nitrogens with zero attached hydrogens (tertiary/aromatic N) is 3. The standard InChI is InChI=1S/C23H23N5O3/c29-22(25-15-17-7-3-6-16-5-1-2-8-19(16)17)24-12-13-27-23(30)28(18-10-11-18)21(26-27)20-9-4-14-31-20/h1-9,14,18H,10-13,15H2,(H2,24,25,29). The zero-order valence-corrected chi connectivity index (χ0v) is 17.0. The molecule has 8 nitrogen and oxygen atoms in total. The fraction of sp³-hybridized carbons (Fsp3) is 0.261. The van der Waals surface area contributed by atoms with Crippen molar-refractivity contribution in [3.05, 3.63) is 76.9 Å². The van der Waals surface area contributed by atoms with E-state index in [4.69, 9.17) is 4.42 Å². The second kappa shape index (κ2) is 8.14. The molecule has 2 heterocycles. The molecule has 0 aliphatic heterocycles. The van der Waals surface area contributed by atoms with Crippen molar-refractivity contribution in [2.24, 2.45) is 0 Å². The van der Waals surface area contributed by atoms with Gasteiger partial charge in [-0.25, -0.2) is 14.3 Å². The summed E-state index contributed by atoms with van der Waals surface area (Å²) in [5.74, 6) is 1.11. The topological polar surface area (TPSA) is 94.1 Å². The van der Waals surface area contributed by atoms with Gasteiger partial charge in [0.2, 0.25) is 5.82 Å². The van der Waals surface area contributed by atoms with Gasteiger partial charge in [0, 0.05) is 19.1 Å². The Morgan fingerprint density at radius 2 is 1.90 bits per heavy atom. The van der Waals surface area contributed by atoms with Crippen molar-refractivity contribution in [3.8, 4) is 11.6 Å². The highest BCUT2D eigenvalue weighted by Gasteiger charge is 2.31. The first kappa shape index (κ1) is 19.2. The summed E-state index contributed by atoms with van der Waals surface area (Å²) in [4.78, 5) is 25.0. The number of rotatable bonds is 7. The fourth-order valence-corrected chi connectivity index (χ4v) is 3.76. The molecule has 1 aliphatic carbocycles. The Balaban J connectivity index is 1.20. The molecule has 2 amide bonds. The smallest absolute Gasteiger partial charge is 0.346 e. The van der Waals surface area contributed by atoms with Crippen LogP contribution in [0, 0.1) is 0 Å². The number of fused-ring (bicyclic) bond motifs is 1. The number of carbonyl (C=O) groups is 1. The summed E-state index contributed by atoms with van der Waals surface area (Å²) in [5, 5.41) is 12.4. The SMILES string of the molecule is O=C(NCCn1nc(-c2ccco2)n(C2CC2)c1=O)NCc1cccc2ccccc12. The monoisotopic (exact) mass is 417 g/mol. The van der Waals surface area contributed by atoms with Crippen molar-refractivity contribution >= 4 is 16.8 Å². The lowest BCUT2D eigenvalue weighted by Gasteiger charge is -2.09. The minimum atomic E-state index is -0.283. The molecule has 0 radical (unpaired) electrons. The molecule has 0 saturated heterocycles. The van der Waals surface area contributed by atoms with Gasteiger partial charge in [0.05, 0.1) is 12.8 Å². The quantitative estimate of drug-likeness (QED) is 0.482. The summed E-state index contributed by atoms with van der Waals surface area (Å²) >= 11 is 0. The molecule has 1 saturated carbocycles. The molecule has 158 valence electrons. The van der Waals surface area contributed by atoms with Gasteiger partial charge in [-0.1, -0.05) is 42.5 Å². The summed E-state index contributed by atoms with van der Waals surface area (Å²) in [6.45, 7) is 1.00. The third-order valence-corrected chi connectivity index (χ3v) is 5.45. The van der Waals surface area contributed by atoms with E-state index >= 15 is 0 Å². The first-order chi connectivity index (χ1) is 15.2. The summed E-state index contributed by atoms with van der Waals surface area (Å²) < 4.78 is 8.52. The lowest BCUT2D eigenvalue weighted by molar-refractivity contribution is 0.240. The van der Waals surface area contributed by atoms with E-state index in [1.807, 2.05) is 42.5 Å². The van der Waals surface area contributed by atoms with E-state index in [-0.39, 0.29) is 24.3 Å². The molecule has 31 heavy (non-hydrogen) atoms. The fourth-order valence-electron chi connectivity index (χ4n) is 3.76. The van der Waals surface area contributed by atoms with Crippen LogP contribution in [-0.4, -0.2) is 26.9 Å². The van der Waals surface area contributed by atoms with Gasteiger partial charge in [-0.05, 0) is 41.3 Å². The van der Waals surface area contributed by atoms with Crippen molar-refractivity contribution < 1.29 is 9.21 Å². The molecule has 8 heteroatoms. The molecule has 5 rings (SSSR count). The summed E-state index contributed by atoms with van der Waals surface area (Å²) in [7, 11) is 0. The molecule has 2 aromatic heterocycles. The normalized spacial score (nSPS) is 13.4. The Morgan fingerprint density at radius 1 is 1.06 bits per heavy atom. The van der Waals surface area contributed by atoms with Crippen LogP contribution in [0.1, 0.15) is 24.4 Å². The van der Waals surface area contributed by atoms with Crippen molar-refractivity contribution in [1.82, 2.24) is 25.0 Å². The molecular weight excluding hydrogens is 394 g/mol. The molecule has 2 aromatic carbocycles. The minimum absolute atomic E-state index is 0.174. The third kappa shape index (κ3) is 3.96. The Hall–Kier alpha value is -3.81. The highest BCUT2D eigenvalue weighted by molar-refractivity contribution is 5.86. The zero-order valence-electron chi connectivity index (χ0n) is 17.0. The minimum Gasteiger partial charge on any atom is -0.461 e. The van der Waals surface area contributed by atoms with Crippen LogP contribution in [0.2, 0.25) is 0 Å². The highest BCUT2D eigenvalue weighted by Crippen LogP contribution is 2.36. The van der Waals surface area contributed by atoms with E-state index in [1.54, 1.807) is 23.0 Å². The predicted octanol–water partition coefficient (Wildman–Crippen LogP) is 3.29. The van der Waals surface area contributed by atoms with Gasteiger partial charge in [-0.3, -0.25) is 4.57 Å². The maximum Gasteiger partial charge on any atom is 0.346 e. The Kier molecular flexibility index (Phi) is 5.03. The second-order valence-corrected chi connectivity index (χ2v) is 7.66. The Bertz CT molecular complexity index is 1260. The van der Waals surface area contributed by atoms with E-state index in [2.05, 4.69) is 15.7 Å². The number of amides is 2. The molecule has 1 fully saturated rings. The van der Waals surface area contributed by atoms with Crippen molar-refractivity contribution in [2.45, 2.75) is 32.0 Å². The van der Waals surface area contributed by atoms with Crippen LogP contribution in [0.4, 0.5) is 4.79 Å². The average Bonchev–Trinajstić information content (AvgIpc) is 3.36. The van der Waals surface area contributed by atoms with Crippen molar-refractivity contribution in [2.75, 3.05) is 6.54 Å². The van der Waals surface area contributed by atoms with E-state index < -0.39 is 0 Å². The molecule has 4 aromatic rings. The summed E-state index contributed by atoms with van der Waals surface area (Å²) in [6, 6.07) is 17.6. The predicted molar refractivity (Wildman–Crippen MR) is 117 cm³/mol. The third-order valence-electron chi connectivity index (χ3n) is 5.45. The largest absolute Gasteiger partial charge is 0.461 e. The summed E-state index contributed by atoms with van der Waals surface area (Å²) in [5.41, 5.74) is 0.877. The van der Waals surface area contributed by atoms with Gasteiger partial charge in [0.15, 0.2) is 5.76 Å². The number of carbonyl (C=O) groups excluding carboxylic acids is 1. The molecule has 1 aliphatic rings. The molecule has 0 spiro atoms. The number of hydrogen-bond donors (Lipinski definition) is 2. The molecular formula is C23H23N5O3. The van der Waals surface area contributed by atoms with E-state index in [1.165, 1.54) is 4.68 Å². The van der Waals surface area contributed by atoms with Gasteiger partial charge in [-0.2, -0.15) is 0 Å². The molecule has 0 atom stereocenters. The van der Waals surface area contributed by atoms with Crippen molar-refractivity contribution in [1.29, 1.82) is 0 Å². The van der Waals surface area contributed by atoms with Crippen LogP contribution in [0.3, 0.4) is 0 Å². The van der Waals surface area contributed by atoms with Crippen LogP contribution in [0.15, 0.2) is 70.1 Å². The van der Waals surface area contributed by atoms with Crippen molar-refractivity contribution in [3.63, 3.8) is 0 Å². The number of furan rings is 1. The number of aromatic nitrogens is 3. The van der Waals surface area contributed by atoms with Gasteiger partial charge >= 0.3 is 11.7 Å². The molecule has 2 N–H and O–H groups in total. The maximum atomic E-state index is 12.8. The number of urea groups is 1. The van der Waals surface area contributed by atoms with Crippen LogP contribution < -0.4 is 16.3 Å². The van der Waals surface area contributed by atoms with E-state index in [0.29, 0.717) is 24.7 Å². The van der Waals surface area contributed by atoms with E-state index in [0.717, 1.165) is 29.2 Å². The van der Waals surface area contributed by atoms with Gasteiger partial charge in [0.25, 0.3) is 0 Å².